The molecule has 0 bridgehead atoms. The zero-order chi connectivity index (χ0) is 20.1. The van der Waals surface area contributed by atoms with Gasteiger partial charge in [0.1, 0.15) is 0 Å². The highest BCUT2D eigenvalue weighted by Crippen LogP contribution is 2.50. The largest absolute Gasteiger partial charge is 0.369 e. The number of hydrogen-bond donors (Lipinski definition) is 1. The Morgan fingerprint density at radius 3 is 2.53 bits per heavy atom. The lowest BCUT2D eigenvalue weighted by molar-refractivity contribution is 1.16. The molecule has 1 N–H and O–H groups in total. The molecule has 1 unspecified atom stereocenters. The SMILES string of the molecule is CN1C(=CC2Nc3cc(-c4ccccc4)ccc3S2)Sc2ccc3ccccc3c21. The Bertz CT molecular complexity index is 1300. The van der Waals surface area contributed by atoms with Gasteiger partial charge in [0.15, 0.2) is 0 Å². The lowest BCUT2D eigenvalue weighted by Gasteiger charge is -2.17. The predicted octanol–water partition coefficient (Wildman–Crippen LogP) is 7.43. The molecule has 2 nitrogen and oxygen atoms in total. The molecule has 4 heteroatoms. The minimum atomic E-state index is 0.233. The summed E-state index contributed by atoms with van der Waals surface area (Å²) >= 11 is 3.74. The van der Waals surface area contributed by atoms with Crippen LogP contribution in [0.5, 0.6) is 0 Å². The van der Waals surface area contributed by atoms with Crippen LogP contribution in [0.25, 0.3) is 21.9 Å². The quantitative estimate of drug-likeness (QED) is 0.360. The number of fused-ring (bicyclic) bond motifs is 4. The maximum Gasteiger partial charge on any atom is 0.0985 e. The fraction of sp³-hybridized carbons (Fsp3) is 0.0769. The monoisotopic (exact) mass is 424 g/mol. The van der Waals surface area contributed by atoms with E-state index in [0.29, 0.717) is 0 Å². The van der Waals surface area contributed by atoms with E-state index < -0.39 is 0 Å². The van der Waals surface area contributed by atoms with Crippen LogP contribution in [0.1, 0.15) is 0 Å². The van der Waals surface area contributed by atoms with Crippen molar-refractivity contribution < 1.29 is 0 Å². The minimum absolute atomic E-state index is 0.233. The third-order valence-corrected chi connectivity index (χ3v) is 7.96. The Kier molecular flexibility index (Phi) is 4.29. The Labute approximate surface area is 185 Å². The second-order valence-electron chi connectivity index (χ2n) is 7.56. The third kappa shape index (κ3) is 2.99. The van der Waals surface area contributed by atoms with Crippen LogP contribution in [0.15, 0.2) is 106 Å². The summed E-state index contributed by atoms with van der Waals surface area (Å²) in [6.07, 6.45) is 2.35. The molecule has 146 valence electrons. The molecule has 0 saturated heterocycles. The summed E-state index contributed by atoms with van der Waals surface area (Å²) in [5, 5.41) is 7.82. The summed E-state index contributed by atoms with van der Waals surface area (Å²) in [5.74, 6) is 0. The molecule has 0 aliphatic carbocycles. The van der Waals surface area contributed by atoms with Crippen LogP contribution in [-0.4, -0.2) is 12.4 Å². The number of hydrogen-bond acceptors (Lipinski definition) is 4. The van der Waals surface area contributed by atoms with Gasteiger partial charge in [0.2, 0.25) is 0 Å². The summed E-state index contributed by atoms with van der Waals surface area (Å²) in [6, 6.07) is 30.4. The molecule has 2 aliphatic rings. The number of nitrogens with zero attached hydrogens (tertiary/aromatic N) is 1. The normalized spacial score (nSPS) is 18.5. The van der Waals surface area contributed by atoms with E-state index in [2.05, 4.69) is 108 Å². The van der Waals surface area contributed by atoms with Gasteiger partial charge in [0.05, 0.1) is 16.1 Å². The third-order valence-electron chi connectivity index (χ3n) is 5.68. The number of thioether (sulfide) groups is 2. The highest BCUT2D eigenvalue weighted by atomic mass is 32.2. The zero-order valence-corrected chi connectivity index (χ0v) is 18.1. The van der Waals surface area contributed by atoms with E-state index in [1.54, 1.807) is 0 Å². The van der Waals surface area contributed by atoms with E-state index in [1.165, 1.54) is 48.1 Å². The van der Waals surface area contributed by atoms with E-state index in [9.17, 15) is 0 Å². The van der Waals surface area contributed by atoms with Gasteiger partial charge in [-0.1, -0.05) is 90.3 Å². The van der Waals surface area contributed by atoms with Gasteiger partial charge in [-0.05, 0) is 40.8 Å². The van der Waals surface area contributed by atoms with Crippen molar-refractivity contribution in [3.63, 3.8) is 0 Å². The Morgan fingerprint density at radius 2 is 1.63 bits per heavy atom. The van der Waals surface area contributed by atoms with Crippen molar-refractivity contribution in [1.29, 1.82) is 0 Å². The van der Waals surface area contributed by atoms with Crippen LogP contribution in [0, 0.1) is 0 Å². The van der Waals surface area contributed by atoms with Gasteiger partial charge in [-0.25, -0.2) is 0 Å². The molecule has 1 atom stereocenters. The fourth-order valence-corrected chi connectivity index (χ4v) is 6.45. The molecular formula is C26H20N2S2. The molecule has 4 aromatic carbocycles. The topological polar surface area (TPSA) is 15.3 Å². The van der Waals surface area contributed by atoms with Crippen LogP contribution in [0.2, 0.25) is 0 Å². The van der Waals surface area contributed by atoms with Crippen LogP contribution in [-0.2, 0) is 0 Å². The van der Waals surface area contributed by atoms with E-state index in [1.807, 2.05) is 23.5 Å². The van der Waals surface area contributed by atoms with Crippen molar-refractivity contribution in [2.45, 2.75) is 15.2 Å². The molecular weight excluding hydrogens is 404 g/mol. The second kappa shape index (κ2) is 7.15. The average molecular weight is 425 g/mol. The lowest BCUT2D eigenvalue weighted by atomic mass is 10.1. The van der Waals surface area contributed by atoms with Crippen LogP contribution in [0.4, 0.5) is 11.4 Å². The van der Waals surface area contributed by atoms with Gasteiger partial charge in [0, 0.05) is 27.9 Å². The maximum absolute atomic E-state index is 3.70. The summed E-state index contributed by atoms with van der Waals surface area (Å²) in [6.45, 7) is 0. The Hall–Kier alpha value is -2.82. The van der Waals surface area contributed by atoms with E-state index >= 15 is 0 Å². The van der Waals surface area contributed by atoms with Gasteiger partial charge in [-0.2, -0.15) is 0 Å². The molecule has 0 spiro atoms. The first-order valence-corrected chi connectivity index (χ1v) is 11.7. The van der Waals surface area contributed by atoms with Crippen molar-refractivity contribution in [2.75, 3.05) is 17.3 Å². The summed E-state index contributed by atoms with van der Waals surface area (Å²) in [7, 11) is 2.18. The molecule has 2 heterocycles. The number of rotatable bonds is 2. The first-order valence-electron chi connectivity index (χ1n) is 10.0. The number of anilines is 2. The smallest absolute Gasteiger partial charge is 0.0985 e. The van der Waals surface area contributed by atoms with Gasteiger partial charge < -0.3 is 10.2 Å². The molecule has 0 radical (unpaired) electrons. The van der Waals surface area contributed by atoms with Crippen molar-refractivity contribution in [3.8, 4) is 11.1 Å². The van der Waals surface area contributed by atoms with E-state index in [4.69, 9.17) is 0 Å². The van der Waals surface area contributed by atoms with Crippen LogP contribution in [0.3, 0.4) is 0 Å². The number of benzene rings is 4. The van der Waals surface area contributed by atoms with Crippen LogP contribution >= 0.6 is 23.5 Å². The summed E-state index contributed by atoms with van der Waals surface area (Å²) in [4.78, 5) is 4.97. The van der Waals surface area contributed by atoms with Crippen molar-refractivity contribution >= 4 is 45.7 Å². The lowest BCUT2D eigenvalue weighted by Crippen LogP contribution is -2.14. The molecule has 0 amide bonds. The van der Waals surface area contributed by atoms with Gasteiger partial charge in [0.25, 0.3) is 0 Å². The highest BCUT2D eigenvalue weighted by molar-refractivity contribution is 8.04. The van der Waals surface area contributed by atoms with E-state index in [-0.39, 0.29) is 5.37 Å². The minimum Gasteiger partial charge on any atom is -0.369 e. The van der Waals surface area contributed by atoms with E-state index in [0.717, 1.165) is 0 Å². The molecule has 0 saturated carbocycles. The average Bonchev–Trinajstić information content (AvgIpc) is 3.34. The molecule has 2 aliphatic heterocycles. The standard InChI is InChI=1S/C26H20N2S2/c1-28-25(30-23-14-11-18-9-5-6-10-20(18)26(23)28)16-24-27-21-15-19(12-13-22(21)29-24)17-7-3-2-4-8-17/h2-16,24,27H,1H3. The second-order valence-corrected chi connectivity index (χ2v) is 9.80. The van der Waals surface area contributed by atoms with Crippen LogP contribution < -0.4 is 10.2 Å². The first kappa shape index (κ1) is 18.0. The van der Waals surface area contributed by atoms with Gasteiger partial charge in [-0.15, -0.1) is 0 Å². The molecule has 30 heavy (non-hydrogen) atoms. The molecule has 0 fully saturated rings. The zero-order valence-electron chi connectivity index (χ0n) is 16.5. The van der Waals surface area contributed by atoms with Gasteiger partial charge >= 0.3 is 0 Å². The Balaban J connectivity index is 1.28. The fourth-order valence-electron chi connectivity index (χ4n) is 4.18. The molecule has 0 aromatic heterocycles. The molecule has 4 aromatic rings. The highest BCUT2D eigenvalue weighted by Gasteiger charge is 2.27. The summed E-state index contributed by atoms with van der Waals surface area (Å²) in [5.41, 5.74) is 5.04. The van der Waals surface area contributed by atoms with Crippen molar-refractivity contribution in [3.05, 3.63) is 96.0 Å². The van der Waals surface area contributed by atoms with Gasteiger partial charge in [-0.3, -0.25) is 0 Å². The van der Waals surface area contributed by atoms with Crippen molar-refractivity contribution in [1.82, 2.24) is 0 Å². The molecule has 6 rings (SSSR count). The summed E-state index contributed by atoms with van der Waals surface area (Å²) < 4.78 is 0. The predicted molar refractivity (Wildman–Crippen MR) is 131 cm³/mol. The maximum atomic E-state index is 3.70. The van der Waals surface area contributed by atoms with Crippen molar-refractivity contribution in [2.24, 2.45) is 0 Å². The Morgan fingerprint density at radius 1 is 0.833 bits per heavy atom. The number of nitrogens with one attached hydrogen (secondary N) is 1. The first-order chi connectivity index (χ1) is 14.8.